The van der Waals surface area contributed by atoms with Crippen LogP contribution in [0.3, 0.4) is 0 Å². The number of aromatic nitrogens is 2. The number of fused-ring (bicyclic) bond motifs is 1. The lowest BCUT2D eigenvalue weighted by atomic mass is 10.1. The molecule has 3 rings (SSSR count). The molecular weight excluding hydrogens is 291 g/mol. The highest BCUT2D eigenvalue weighted by atomic mass is 35.5. The van der Waals surface area contributed by atoms with Crippen LogP contribution < -0.4 is 0 Å². The molecule has 1 heterocycles. The van der Waals surface area contributed by atoms with Gasteiger partial charge in [-0.1, -0.05) is 23.7 Å². The van der Waals surface area contributed by atoms with Crippen molar-refractivity contribution in [1.29, 1.82) is 0 Å². The minimum atomic E-state index is -0.424. The third-order valence-corrected chi connectivity index (χ3v) is 3.46. The van der Waals surface area contributed by atoms with E-state index in [2.05, 4.69) is 9.97 Å². The monoisotopic (exact) mass is 300 g/mol. The molecule has 0 aliphatic heterocycles. The van der Waals surface area contributed by atoms with Gasteiger partial charge in [0.15, 0.2) is 5.78 Å². The third-order valence-electron chi connectivity index (χ3n) is 3.09. The average Bonchev–Trinajstić information content (AvgIpc) is 2.50. The Labute approximate surface area is 125 Å². The van der Waals surface area contributed by atoms with E-state index in [-0.39, 0.29) is 17.9 Å². The van der Waals surface area contributed by atoms with Crippen LogP contribution in [-0.2, 0) is 6.42 Å². The molecule has 2 aromatic carbocycles. The van der Waals surface area contributed by atoms with Crippen LogP contribution in [-0.4, -0.2) is 15.8 Å². The number of Topliss-reactive ketones (excluding diaryl/α,β-unsaturated/α-hetero) is 1. The first kappa shape index (κ1) is 13.6. The molecule has 3 aromatic rings. The van der Waals surface area contributed by atoms with E-state index in [0.717, 1.165) is 5.52 Å². The topological polar surface area (TPSA) is 42.9 Å². The lowest BCUT2D eigenvalue weighted by Crippen LogP contribution is -2.07. The van der Waals surface area contributed by atoms with Crippen LogP contribution >= 0.6 is 11.6 Å². The van der Waals surface area contributed by atoms with Gasteiger partial charge in [-0.05, 0) is 35.9 Å². The molecule has 5 heteroatoms. The van der Waals surface area contributed by atoms with Crippen molar-refractivity contribution in [2.24, 2.45) is 0 Å². The maximum atomic E-state index is 13.2. The number of para-hydroxylation sites is 2. The number of benzene rings is 2. The third kappa shape index (κ3) is 2.90. The van der Waals surface area contributed by atoms with E-state index in [1.165, 1.54) is 24.4 Å². The van der Waals surface area contributed by atoms with E-state index in [4.69, 9.17) is 11.6 Å². The lowest BCUT2D eigenvalue weighted by molar-refractivity contribution is 0.0988. The first-order chi connectivity index (χ1) is 10.1. The van der Waals surface area contributed by atoms with Crippen LogP contribution in [0.5, 0.6) is 0 Å². The number of ketones is 1. The smallest absolute Gasteiger partial charge is 0.187 e. The first-order valence-corrected chi connectivity index (χ1v) is 6.70. The fraction of sp³-hybridized carbons (Fsp3) is 0.0625. The number of hydrogen-bond donors (Lipinski definition) is 0. The molecule has 104 valence electrons. The zero-order valence-corrected chi connectivity index (χ0v) is 11.6. The number of nitrogens with zero attached hydrogens (tertiary/aromatic N) is 2. The number of carbonyl (C=O) groups excluding carboxylic acids is 1. The van der Waals surface area contributed by atoms with Gasteiger partial charge in [0.1, 0.15) is 11.5 Å². The molecule has 1 aromatic heterocycles. The average molecular weight is 301 g/mol. The van der Waals surface area contributed by atoms with E-state index in [1.807, 2.05) is 18.2 Å². The predicted octanol–water partition coefficient (Wildman–Crippen LogP) is 3.85. The summed E-state index contributed by atoms with van der Waals surface area (Å²) < 4.78 is 13.2. The summed E-state index contributed by atoms with van der Waals surface area (Å²) in [6.45, 7) is 0. The highest BCUT2D eigenvalue weighted by Gasteiger charge is 2.13. The van der Waals surface area contributed by atoms with Gasteiger partial charge in [0.05, 0.1) is 17.2 Å². The fourth-order valence-corrected chi connectivity index (χ4v) is 2.22. The number of halogens is 2. The maximum Gasteiger partial charge on any atom is 0.187 e. The lowest BCUT2D eigenvalue weighted by Gasteiger charge is -2.04. The molecule has 0 aliphatic carbocycles. The van der Waals surface area contributed by atoms with Gasteiger partial charge in [0.2, 0.25) is 0 Å². The van der Waals surface area contributed by atoms with Crippen molar-refractivity contribution < 1.29 is 9.18 Å². The Kier molecular flexibility index (Phi) is 3.62. The van der Waals surface area contributed by atoms with Crippen molar-refractivity contribution in [2.45, 2.75) is 6.42 Å². The van der Waals surface area contributed by atoms with Crippen molar-refractivity contribution in [3.05, 3.63) is 70.8 Å². The molecule has 0 atom stereocenters. The van der Waals surface area contributed by atoms with Gasteiger partial charge in [-0.3, -0.25) is 9.78 Å². The molecule has 0 amide bonds. The number of hydrogen-bond acceptors (Lipinski definition) is 3. The molecule has 3 nitrogen and oxygen atoms in total. The summed E-state index contributed by atoms with van der Waals surface area (Å²) in [4.78, 5) is 20.7. The summed E-state index contributed by atoms with van der Waals surface area (Å²) in [5.41, 5.74) is 2.05. The molecule has 0 bridgehead atoms. The zero-order valence-electron chi connectivity index (χ0n) is 10.9. The van der Waals surface area contributed by atoms with Crippen LogP contribution in [0.4, 0.5) is 4.39 Å². The van der Waals surface area contributed by atoms with Gasteiger partial charge in [-0.25, -0.2) is 9.37 Å². The Morgan fingerprint density at radius 1 is 1.14 bits per heavy atom. The van der Waals surface area contributed by atoms with Crippen LogP contribution in [0.15, 0.2) is 48.7 Å². The summed E-state index contributed by atoms with van der Waals surface area (Å²) in [7, 11) is 0. The van der Waals surface area contributed by atoms with E-state index >= 15 is 0 Å². The van der Waals surface area contributed by atoms with Crippen LogP contribution in [0, 0.1) is 5.82 Å². The normalized spacial score (nSPS) is 10.8. The van der Waals surface area contributed by atoms with E-state index in [1.54, 1.807) is 6.07 Å². The SMILES string of the molecule is O=C(Cc1cc(F)ccc1Cl)c1cnc2ccccc2n1. The Morgan fingerprint density at radius 2 is 1.90 bits per heavy atom. The van der Waals surface area contributed by atoms with Crippen molar-refractivity contribution in [2.75, 3.05) is 0 Å². The van der Waals surface area contributed by atoms with Crippen LogP contribution in [0.2, 0.25) is 5.02 Å². The quantitative estimate of drug-likeness (QED) is 0.690. The first-order valence-electron chi connectivity index (χ1n) is 6.32. The van der Waals surface area contributed by atoms with Gasteiger partial charge in [0, 0.05) is 11.4 Å². The van der Waals surface area contributed by atoms with E-state index in [9.17, 15) is 9.18 Å². The fourth-order valence-electron chi connectivity index (χ4n) is 2.03. The molecule has 0 aliphatic rings. The van der Waals surface area contributed by atoms with Gasteiger partial charge in [0.25, 0.3) is 0 Å². The second-order valence-corrected chi connectivity index (χ2v) is 4.99. The standard InChI is InChI=1S/C16H10ClFN2O/c17-12-6-5-11(18)7-10(12)8-16(21)15-9-19-13-3-1-2-4-14(13)20-15/h1-7,9H,8H2. The van der Waals surface area contributed by atoms with Crippen molar-refractivity contribution in [1.82, 2.24) is 9.97 Å². The molecule has 0 unspecified atom stereocenters. The molecule has 0 saturated carbocycles. The highest BCUT2D eigenvalue weighted by Crippen LogP contribution is 2.19. The summed E-state index contributed by atoms with van der Waals surface area (Å²) in [5, 5.41) is 0.360. The highest BCUT2D eigenvalue weighted by molar-refractivity contribution is 6.31. The largest absolute Gasteiger partial charge is 0.292 e. The summed E-state index contributed by atoms with van der Waals surface area (Å²) >= 11 is 5.97. The second-order valence-electron chi connectivity index (χ2n) is 4.58. The molecule has 0 radical (unpaired) electrons. The van der Waals surface area contributed by atoms with Crippen LogP contribution in [0.25, 0.3) is 11.0 Å². The Morgan fingerprint density at radius 3 is 2.71 bits per heavy atom. The van der Waals surface area contributed by atoms with Gasteiger partial charge < -0.3 is 0 Å². The predicted molar refractivity (Wildman–Crippen MR) is 79.0 cm³/mol. The van der Waals surface area contributed by atoms with Gasteiger partial charge in [-0.15, -0.1) is 0 Å². The van der Waals surface area contributed by atoms with Crippen LogP contribution in [0.1, 0.15) is 16.1 Å². The Bertz CT molecular complexity index is 835. The van der Waals surface area contributed by atoms with E-state index in [0.29, 0.717) is 16.1 Å². The van der Waals surface area contributed by atoms with Crippen molar-refractivity contribution >= 4 is 28.4 Å². The van der Waals surface area contributed by atoms with Crippen molar-refractivity contribution in [3.63, 3.8) is 0 Å². The summed E-state index contributed by atoms with van der Waals surface area (Å²) in [6.07, 6.45) is 1.42. The number of carbonyl (C=O) groups is 1. The van der Waals surface area contributed by atoms with Crippen molar-refractivity contribution in [3.8, 4) is 0 Å². The molecule has 0 fully saturated rings. The summed E-state index contributed by atoms with van der Waals surface area (Å²) in [5.74, 6) is -0.674. The molecule has 0 N–H and O–H groups in total. The molecular formula is C16H10ClFN2O. The Balaban J connectivity index is 1.91. The maximum absolute atomic E-state index is 13.2. The number of rotatable bonds is 3. The Hall–Kier alpha value is -2.33. The second kappa shape index (κ2) is 5.58. The van der Waals surface area contributed by atoms with Gasteiger partial charge in [-0.2, -0.15) is 0 Å². The summed E-state index contributed by atoms with van der Waals surface area (Å²) in [6, 6.07) is 11.2. The van der Waals surface area contributed by atoms with Gasteiger partial charge >= 0.3 is 0 Å². The minimum absolute atomic E-state index is 0.0103. The van der Waals surface area contributed by atoms with E-state index < -0.39 is 5.82 Å². The molecule has 21 heavy (non-hydrogen) atoms. The molecule has 0 spiro atoms. The molecule has 0 saturated heterocycles. The minimum Gasteiger partial charge on any atom is -0.292 e. The zero-order chi connectivity index (χ0) is 14.8.